The third kappa shape index (κ3) is 13.8. The number of carbonyl (C=O) groups is 3. The van der Waals surface area contributed by atoms with Crippen LogP contribution < -0.4 is 24.8 Å². The van der Waals surface area contributed by atoms with E-state index in [0.717, 1.165) is 12.8 Å². The van der Waals surface area contributed by atoms with Gasteiger partial charge in [-0.1, -0.05) is 31.9 Å². The first-order valence-corrected chi connectivity index (χ1v) is 25.0. The molecule has 6 aromatic rings. The van der Waals surface area contributed by atoms with Crippen LogP contribution in [-0.4, -0.2) is 139 Å². The lowest BCUT2D eigenvalue weighted by Gasteiger charge is -2.32. The molecule has 2 N–H and O–H groups in total. The van der Waals surface area contributed by atoms with Gasteiger partial charge in [-0.3, -0.25) is 9.69 Å². The summed E-state index contributed by atoms with van der Waals surface area (Å²) in [4.78, 5) is 59.6. The summed E-state index contributed by atoms with van der Waals surface area (Å²) >= 11 is 6.55. The molecule has 0 atom stereocenters. The number of carbonyl (C=O) groups excluding carboxylic acids is 3. The minimum Gasteiger partial charge on any atom is -0.493 e. The topological polar surface area (TPSA) is 192 Å². The molecular weight excluding hydrogens is 1070 g/mol. The summed E-state index contributed by atoms with van der Waals surface area (Å²) in [6.07, 6.45) is 4.85. The van der Waals surface area contributed by atoms with Crippen LogP contribution in [0, 0.1) is 23.5 Å². The molecule has 0 bridgehead atoms. The smallest absolute Gasteiger partial charge is 0.409 e. The van der Waals surface area contributed by atoms with Crippen molar-refractivity contribution >= 4 is 95.3 Å². The van der Waals surface area contributed by atoms with E-state index in [9.17, 15) is 23.2 Å². The summed E-state index contributed by atoms with van der Waals surface area (Å²) in [5.41, 5.74) is 1.79. The number of hydrogen-bond acceptors (Lipinski definition) is 16. The highest BCUT2D eigenvalue weighted by Gasteiger charge is 2.27. The Morgan fingerprint density at radius 1 is 0.667 bits per heavy atom. The fraction of sp³-hybridized carbons (Fsp3) is 0.380. The van der Waals surface area contributed by atoms with E-state index in [1.807, 2.05) is 23.1 Å². The maximum atomic E-state index is 14.6. The van der Waals surface area contributed by atoms with Crippen molar-refractivity contribution in [2.24, 2.45) is 11.8 Å². The van der Waals surface area contributed by atoms with Crippen molar-refractivity contribution in [1.29, 1.82) is 0 Å². The molecule has 0 unspecified atom stereocenters. The van der Waals surface area contributed by atoms with Gasteiger partial charge in [0.05, 0.1) is 42.7 Å². The van der Waals surface area contributed by atoms with Gasteiger partial charge in [-0.05, 0) is 92.1 Å². The molecule has 2 aromatic heterocycles. The highest BCUT2D eigenvalue weighted by Crippen LogP contribution is 2.36. The molecule has 2 aliphatic heterocycles. The number of methoxy groups -OCH3 is 1. The van der Waals surface area contributed by atoms with Gasteiger partial charge in [0.25, 0.3) is 6.47 Å². The quantitative estimate of drug-likeness (QED) is 0.0393. The van der Waals surface area contributed by atoms with Gasteiger partial charge in [0.15, 0.2) is 11.5 Å². The van der Waals surface area contributed by atoms with Crippen LogP contribution in [0.2, 0.25) is 0 Å². The van der Waals surface area contributed by atoms with Crippen LogP contribution in [0.5, 0.6) is 17.2 Å². The summed E-state index contributed by atoms with van der Waals surface area (Å²) in [5, 5.41) is 7.43. The summed E-state index contributed by atoms with van der Waals surface area (Å²) in [6.45, 7) is 4.61. The summed E-state index contributed by atoms with van der Waals surface area (Å²) < 4.78 is 64.5. The Labute approximate surface area is 430 Å². The highest BCUT2D eigenvalue weighted by molar-refractivity contribution is 9.10. The maximum Gasteiger partial charge on any atom is 0.409 e. The maximum absolute atomic E-state index is 14.6. The molecule has 4 heterocycles. The molecule has 0 aliphatic carbocycles. The molecule has 2 fully saturated rings. The number of amides is 2. The summed E-state index contributed by atoms with van der Waals surface area (Å²) in [6, 6.07) is 18.5. The lowest BCUT2D eigenvalue weighted by atomic mass is 9.98. The Balaban J connectivity index is 0.724. The minimum absolute atomic E-state index is 0.0895. The minimum atomic E-state index is -0.437. The van der Waals surface area contributed by atoms with Crippen molar-refractivity contribution in [3.63, 3.8) is 0 Å². The van der Waals surface area contributed by atoms with Crippen molar-refractivity contribution in [1.82, 2.24) is 34.6 Å². The number of halogens is 4. The third-order valence-electron chi connectivity index (χ3n) is 12.5. The predicted octanol–water partition coefficient (Wildman–Crippen LogP) is 9.50. The zero-order valence-corrected chi connectivity index (χ0v) is 42.5. The molecule has 2 aliphatic rings. The molecule has 72 heavy (non-hydrogen) atoms. The van der Waals surface area contributed by atoms with Crippen LogP contribution in [0.15, 0.2) is 88.3 Å². The van der Waals surface area contributed by atoms with E-state index in [0.29, 0.717) is 144 Å². The van der Waals surface area contributed by atoms with Crippen LogP contribution in [0.25, 0.3) is 21.8 Å². The molecule has 2 amide bonds. The number of anilines is 4. The van der Waals surface area contributed by atoms with Crippen LogP contribution in [0.1, 0.15) is 25.7 Å². The van der Waals surface area contributed by atoms with E-state index in [1.54, 1.807) is 53.3 Å². The Hall–Kier alpha value is -6.65. The number of rotatable bonds is 21. The van der Waals surface area contributed by atoms with Crippen molar-refractivity contribution in [3.05, 3.63) is 100.0 Å². The van der Waals surface area contributed by atoms with E-state index in [4.69, 9.17) is 28.4 Å². The average molecular weight is 1120 g/mol. The number of ether oxygens (including phenoxy) is 6. The summed E-state index contributed by atoms with van der Waals surface area (Å²) in [7, 11) is 1.54. The van der Waals surface area contributed by atoms with Crippen LogP contribution in [0.3, 0.4) is 0 Å². The lowest BCUT2D eigenvalue weighted by Crippen LogP contribution is -2.42. The van der Waals surface area contributed by atoms with Crippen molar-refractivity contribution < 1.29 is 51.6 Å². The second-order valence-electron chi connectivity index (χ2n) is 17.2. The van der Waals surface area contributed by atoms with E-state index in [2.05, 4.69) is 62.4 Å². The van der Waals surface area contributed by atoms with Crippen LogP contribution in [-0.2, 0) is 19.0 Å². The standard InChI is InChI=1S/C50H53Br2F2N9O9/c1-67-45-25-38-44(56-30-58-48(38)60-42-7-3-35(52)23-40(42)54)26-46(45)72-28-33-10-14-63(15-11-33)50(66)70-21-18-61(16-19-68-31-64)17-20-69-49(65)62-12-8-32(9-13-62)27-71-36-4-5-37-43(24-36)55-29-57-47(37)59-41-6-2-34(51)22-39(41)53/h2-7,22-26,29-33H,8-21,27-28H2,1H3,(H,55,57,59)(H,56,58,60). The number of fused-ring (bicyclic) bond motifs is 2. The fourth-order valence-electron chi connectivity index (χ4n) is 8.36. The number of hydrogen-bond donors (Lipinski definition) is 2. The first-order chi connectivity index (χ1) is 35.0. The fourth-order valence-corrected chi connectivity index (χ4v) is 9.02. The molecule has 0 spiro atoms. The molecule has 4 aromatic carbocycles. The van der Waals surface area contributed by atoms with E-state index >= 15 is 0 Å². The molecule has 2 saturated heterocycles. The summed E-state index contributed by atoms with van der Waals surface area (Å²) in [5.74, 6) is 2.06. The second kappa shape index (κ2) is 25.1. The van der Waals surface area contributed by atoms with Crippen molar-refractivity contribution in [3.8, 4) is 17.2 Å². The van der Waals surface area contributed by atoms with Crippen molar-refractivity contribution in [2.75, 3.05) is 96.6 Å². The number of piperidine rings is 2. The Kier molecular flexibility index (Phi) is 18.1. The van der Waals surface area contributed by atoms with Gasteiger partial charge < -0.3 is 48.9 Å². The Morgan fingerprint density at radius 3 is 1.74 bits per heavy atom. The molecule has 0 saturated carbocycles. The van der Waals surface area contributed by atoms with E-state index < -0.39 is 23.8 Å². The average Bonchev–Trinajstić information content (AvgIpc) is 3.39. The zero-order valence-electron chi connectivity index (χ0n) is 39.4. The molecule has 8 rings (SSSR count). The first-order valence-electron chi connectivity index (χ1n) is 23.4. The number of nitrogens with zero attached hydrogens (tertiary/aromatic N) is 7. The number of likely N-dealkylation sites (tertiary alicyclic amines) is 2. The first kappa shape index (κ1) is 51.7. The molecule has 380 valence electrons. The molecule has 18 nitrogen and oxygen atoms in total. The van der Waals surface area contributed by atoms with Crippen LogP contribution >= 0.6 is 31.9 Å². The number of aromatic nitrogens is 4. The van der Waals surface area contributed by atoms with Gasteiger partial charge >= 0.3 is 12.2 Å². The SMILES string of the molecule is COc1cc2c(Nc3ccc(Br)cc3F)ncnc2cc1OCC1CCN(C(=O)OCCN(CCOC=O)CCOC(=O)N2CCC(COc3ccc4c(Nc5ccc(Br)cc5F)ncnc4c3)CC2)CC1. The molecule has 22 heteroatoms. The third-order valence-corrected chi connectivity index (χ3v) is 13.4. The lowest BCUT2D eigenvalue weighted by molar-refractivity contribution is -0.129. The normalized spacial score (nSPS) is 14.3. The Morgan fingerprint density at radius 2 is 1.19 bits per heavy atom. The van der Waals surface area contributed by atoms with Gasteiger partial charge in [-0.15, -0.1) is 0 Å². The van der Waals surface area contributed by atoms with Crippen molar-refractivity contribution in [2.45, 2.75) is 25.7 Å². The van der Waals surface area contributed by atoms with E-state index in [-0.39, 0.29) is 37.3 Å². The number of benzene rings is 4. The van der Waals surface area contributed by atoms with Gasteiger partial charge in [0.1, 0.15) is 61.5 Å². The van der Waals surface area contributed by atoms with Gasteiger partial charge in [-0.25, -0.2) is 38.3 Å². The number of nitrogens with one attached hydrogen (secondary N) is 2. The largest absolute Gasteiger partial charge is 0.493 e. The van der Waals surface area contributed by atoms with Crippen LogP contribution in [0.4, 0.5) is 41.4 Å². The second-order valence-corrected chi connectivity index (χ2v) is 19.0. The molecular formula is C50H53Br2F2N9O9. The monoisotopic (exact) mass is 1120 g/mol. The van der Waals surface area contributed by atoms with Gasteiger partial charge in [0, 0.05) is 77.7 Å². The molecule has 0 radical (unpaired) electrons. The van der Waals surface area contributed by atoms with Gasteiger partial charge in [-0.2, -0.15) is 0 Å². The predicted molar refractivity (Wildman–Crippen MR) is 271 cm³/mol. The zero-order chi connectivity index (χ0) is 50.4. The van der Waals surface area contributed by atoms with Gasteiger partial charge in [0.2, 0.25) is 0 Å². The van der Waals surface area contributed by atoms with E-state index in [1.165, 1.54) is 24.8 Å². The Bertz CT molecular complexity index is 2840. The highest BCUT2D eigenvalue weighted by atomic mass is 79.9.